The van der Waals surface area contributed by atoms with Crippen LogP contribution in [0.4, 0.5) is 0 Å². The molecule has 102 valence electrons. The van der Waals surface area contributed by atoms with Gasteiger partial charge in [0.15, 0.2) is 0 Å². The van der Waals surface area contributed by atoms with Crippen LogP contribution >= 0.6 is 0 Å². The summed E-state index contributed by atoms with van der Waals surface area (Å²) >= 11 is 0. The molecule has 0 atom stereocenters. The molecule has 1 aliphatic heterocycles. The molecule has 0 amide bonds. The van der Waals surface area contributed by atoms with Crippen LogP contribution in [-0.2, 0) is 13.0 Å². The van der Waals surface area contributed by atoms with Crippen molar-refractivity contribution in [3.63, 3.8) is 0 Å². The zero-order valence-electron chi connectivity index (χ0n) is 12.0. The Bertz CT molecular complexity index is 677. The van der Waals surface area contributed by atoms with Crippen molar-refractivity contribution in [2.45, 2.75) is 26.8 Å². The van der Waals surface area contributed by atoms with Crippen LogP contribution in [0.2, 0.25) is 0 Å². The Labute approximate surface area is 119 Å². The number of hydrogen-bond donors (Lipinski definition) is 0. The fourth-order valence-electron chi connectivity index (χ4n) is 3.03. The molecule has 2 heteroatoms. The van der Waals surface area contributed by atoms with E-state index in [9.17, 15) is 4.79 Å². The minimum absolute atomic E-state index is 0.0950. The highest BCUT2D eigenvalue weighted by Gasteiger charge is 2.33. The summed E-state index contributed by atoms with van der Waals surface area (Å²) in [5, 5.41) is 0. The van der Waals surface area contributed by atoms with E-state index in [0.717, 1.165) is 29.8 Å². The molecule has 1 aliphatic rings. The molecule has 0 bridgehead atoms. The van der Waals surface area contributed by atoms with E-state index in [2.05, 4.69) is 25.0 Å². The van der Waals surface area contributed by atoms with Crippen molar-refractivity contribution in [3.05, 3.63) is 65.5 Å². The molecule has 0 aliphatic carbocycles. The lowest BCUT2D eigenvalue weighted by molar-refractivity contribution is 0.102. The number of aromatic nitrogens is 1. The number of ketones is 1. The summed E-state index contributed by atoms with van der Waals surface area (Å²) < 4.78 is 2.17. The van der Waals surface area contributed by atoms with Gasteiger partial charge in [-0.1, -0.05) is 56.8 Å². The smallest absolute Gasteiger partial charge is 0.209 e. The maximum Gasteiger partial charge on any atom is 0.209 e. The minimum Gasteiger partial charge on any atom is -0.341 e. The largest absolute Gasteiger partial charge is 0.341 e. The second-order valence-corrected chi connectivity index (χ2v) is 6.26. The van der Waals surface area contributed by atoms with E-state index >= 15 is 0 Å². The number of hydrogen-bond acceptors (Lipinski definition) is 1. The summed E-state index contributed by atoms with van der Waals surface area (Å²) in [6.45, 7) is 9.25. The summed E-state index contributed by atoms with van der Waals surface area (Å²) in [4.78, 5) is 12.7. The number of benzene rings is 1. The Kier molecular flexibility index (Phi) is 2.89. The van der Waals surface area contributed by atoms with E-state index in [1.165, 1.54) is 5.69 Å². The maximum atomic E-state index is 12.7. The van der Waals surface area contributed by atoms with Gasteiger partial charge < -0.3 is 4.57 Å². The highest BCUT2D eigenvalue weighted by Crippen LogP contribution is 2.36. The standard InChI is InChI=1S/C18H19NO/c1-4-13-10-15(17(20)14-8-6-5-7-9-14)19-12-18(2,3)11-16(13)19/h4-10H,1,11-12H2,2-3H3. The Morgan fingerprint density at radius 2 is 2.00 bits per heavy atom. The summed E-state index contributed by atoms with van der Waals surface area (Å²) in [6.07, 6.45) is 2.85. The molecular weight excluding hydrogens is 246 g/mol. The fourth-order valence-corrected chi connectivity index (χ4v) is 3.03. The monoisotopic (exact) mass is 265 g/mol. The normalized spacial score (nSPS) is 15.9. The van der Waals surface area contributed by atoms with Crippen LogP contribution in [0, 0.1) is 5.41 Å². The molecular formula is C18H19NO. The van der Waals surface area contributed by atoms with E-state index in [-0.39, 0.29) is 11.2 Å². The minimum atomic E-state index is 0.0950. The SMILES string of the molecule is C=Cc1cc(C(=O)c2ccccc2)n2c1CC(C)(C)C2. The van der Waals surface area contributed by atoms with Gasteiger partial charge in [-0.15, -0.1) is 0 Å². The van der Waals surface area contributed by atoms with Crippen LogP contribution in [-0.4, -0.2) is 10.4 Å². The number of carbonyl (C=O) groups excluding carboxylic acids is 1. The molecule has 2 aromatic rings. The lowest BCUT2D eigenvalue weighted by atomic mass is 9.90. The molecule has 0 unspecified atom stereocenters. The van der Waals surface area contributed by atoms with E-state index in [1.54, 1.807) is 0 Å². The molecule has 1 aromatic heterocycles. The number of carbonyl (C=O) groups is 1. The van der Waals surface area contributed by atoms with E-state index in [4.69, 9.17) is 0 Å². The number of fused-ring (bicyclic) bond motifs is 1. The van der Waals surface area contributed by atoms with Crippen molar-refractivity contribution < 1.29 is 4.79 Å². The van der Waals surface area contributed by atoms with Crippen molar-refractivity contribution in [2.24, 2.45) is 5.41 Å². The van der Waals surface area contributed by atoms with Crippen molar-refractivity contribution in [1.29, 1.82) is 0 Å². The van der Waals surface area contributed by atoms with Gasteiger partial charge in [-0.05, 0) is 23.5 Å². The molecule has 0 saturated carbocycles. The third kappa shape index (κ3) is 2.01. The average molecular weight is 265 g/mol. The van der Waals surface area contributed by atoms with Crippen LogP contribution < -0.4 is 0 Å². The lowest BCUT2D eigenvalue weighted by Gasteiger charge is -2.16. The van der Waals surface area contributed by atoms with Crippen LogP contribution in [0.15, 0.2) is 43.0 Å². The van der Waals surface area contributed by atoms with Gasteiger partial charge in [0.2, 0.25) is 5.78 Å². The van der Waals surface area contributed by atoms with Gasteiger partial charge in [0.25, 0.3) is 0 Å². The summed E-state index contributed by atoms with van der Waals surface area (Å²) in [6, 6.07) is 11.5. The molecule has 0 radical (unpaired) electrons. The molecule has 1 aromatic carbocycles. The molecule has 0 spiro atoms. The quantitative estimate of drug-likeness (QED) is 0.770. The van der Waals surface area contributed by atoms with Gasteiger partial charge in [-0.2, -0.15) is 0 Å². The van der Waals surface area contributed by atoms with Crippen molar-refractivity contribution in [3.8, 4) is 0 Å². The van der Waals surface area contributed by atoms with Crippen LogP contribution in [0.3, 0.4) is 0 Å². The third-order valence-electron chi connectivity index (χ3n) is 3.96. The average Bonchev–Trinajstić information content (AvgIpc) is 2.92. The van der Waals surface area contributed by atoms with Crippen LogP contribution in [0.1, 0.15) is 41.2 Å². The van der Waals surface area contributed by atoms with Gasteiger partial charge in [-0.25, -0.2) is 0 Å². The van der Waals surface area contributed by atoms with E-state index in [1.807, 2.05) is 42.5 Å². The van der Waals surface area contributed by atoms with E-state index in [0.29, 0.717) is 0 Å². The Balaban J connectivity index is 2.09. The molecule has 0 saturated heterocycles. The number of rotatable bonds is 3. The summed E-state index contributed by atoms with van der Waals surface area (Å²) in [7, 11) is 0. The molecule has 20 heavy (non-hydrogen) atoms. The predicted octanol–water partition coefficient (Wildman–Crippen LogP) is 3.94. The van der Waals surface area contributed by atoms with Gasteiger partial charge in [0.1, 0.15) is 0 Å². The first-order chi connectivity index (χ1) is 9.52. The van der Waals surface area contributed by atoms with Crippen molar-refractivity contribution >= 4 is 11.9 Å². The summed E-state index contributed by atoms with van der Waals surface area (Å²) in [5.74, 6) is 0.0950. The molecule has 2 heterocycles. The van der Waals surface area contributed by atoms with Gasteiger partial charge >= 0.3 is 0 Å². The van der Waals surface area contributed by atoms with Crippen LogP contribution in [0.5, 0.6) is 0 Å². The fraction of sp³-hybridized carbons (Fsp3) is 0.278. The van der Waals surface area contributed by atoms with Crippen molar-refractivity contribution in [2.75, 3.05) is 0 Å². The van der Waals surface area contributed by atoms with Gasteiger partial charge in [0.05, 0.1) is 5.69 Å². The Morgan fingerprint density at radius 3 is 2.65 bits per heavy atom. The first-order valence-corrected chi connectivity index (χ1v) is 6.96. The summed E-state index contributed by atoms with van der Waals surface area (Å²) in [5.41, 5.74) is 4.07. The van der Waals surface area contributed by atoms with E-state index < -0.39 is 0 Å². The first kappa shape index (κ1) is 12.9. The molecule has 0 fully saturated rings. The Morgan fingerprint density at radius 1 is 1.30 bits per heavy atom. The zero-order valence-corrected chi connectivity index (χ0v) is 12.0. The highest BCUT2D eigenvalue weighted by molar-refractivity contribution is 6.08. The third-order valence-corrected chi connectivity index (χ3v) is 3.96. The van der Waals surface area contributed by atoms with Gasteiger partial charge in [-0.3, -0.25) is 4.79 Å². The first-order valence-electron chi connectivity index (χ1n) is 6.96. The maximum absolute atomic E-state index is 12.7. The molecule has 0 N–H and O–H groups in total. The number of nitrogens with zero attached hydrogens (tertiary/aromatic N) is 1. The predicted molar refractivity (Wildman–Crippen MR) is 81.9 cm³/mol. The molecule has 2 nitrogen and oxygen atoms in total. The molecule has 3 rings (SSSR count). The Hall–Kier alpha value is -2.09. The van der Waals surface area contributed by atoms with Gasteiger partial charge in [0, 0.05) is 17.8 Å². The lowest BCUT2D eigenvalue weighted by Crippen LogP contribution is -2.15. The topological polar surface area (TPSA) is 22.0 Å². The zero-order chi connectivity index (χ0) is 14.3. The van der Waals surface area contributed by atoms with Crippen molar-refractivity contribution in [1.82, 2.24) is 4.57 Å². The highest BCUT2D eigenvalue weighted by atomic mass is 16.1. The van der Waals surface area contributed by atoms with Crippen LogP contribution in [0.25, 0.3) is 6.08 Å². The second kappa shape index (κ2) is 4.48. The second-order valence-electron chi connectivity index (χ2n) is 6.26.